The minimum absolute atomic E-state index is 0.00308. The molecule has 0 aromatic carbocycles. The molecule has 0 aromatic rings. The summed E-state index contributed by atoms with van der Waals surface area (Å²) >= 11 is 2.52. The van der Waals surface area contributed by atoms with E-state index in [2.05, 4.69) is 5.32 Å². The molecule has 3 N–H and O–H groups in total. The number of aliphatic carboxylic acids is 2. The van der Waals surface area contributed by atoms with Gasteiger partial charge < -0.3 is 10.2 Å². The Morgan fingerprint density at radius 1 is 1.39 bits per heavy atom. The highest BCUT2D eigenvalue weighted by molar-refractivity contribution is 8.14. The van der Waals surface area contributed by atoms with Crippen LogP contribution in [0, 0.1) is 0 Å². The van der Waals surface area contributed by atoms with Crippen LogP contribution in [0.2, 0.25) is 0 Å². The Morgan fingerprint density at radius 3 is 2.56 bits per heavy atom. The average Bonchev–Trinajstić information content (AvgIpc) is 2.67. The summed E-state index contributed by atoms with van der Waals surface area (Å²) in [4.78, 5) is 32.0. The quantitative estimate of drug-likeness (QED) is 0.654. The summed E-state index contributed by atoms with van der Waals surface area (Å²) in [6.45, 7) is 1.85. The summed E-state index contributed by atoms with van der Waals surface area (Å²) in [7, 11) is 0. The van der Waals surface area contributed by atoms with E-state index >= 15 is 0 Å². The van der Waals surface area contributed by atoms with Crippen molar-refractivity contribution in [1.29, 1.82) is 0 Å². The van der Waals surface area contributed by atoms with Gasteiger partial charge in [-0.3, -0.25) is 19.7 Å². The van der Waals surface area contributed by atoms with E-state index in [0.29, 0.717) is 11.5 Å². The third kappa shape index (κ3) is 4.87. The molecule has 0 spiro atoms. The van der Waals surface area contributed by atoms with Gasteiger partial charge in [-0.15, -0.1) is 11.8 Å². The van der Waals surface area contributed by atoms with Crippen LogP contribution in [0.5, 0.6) is 0 Å². The number of thioether (sulfide) groups is 2. The van der Waals surface area contributed by atoms with E-state index in [1.807, 2.05) is 6.92 Å². The molecular weight excluding hydrogens is 278 g/mol. The molecule has 1 aliphatic rings. The van der Waals surface area contributed by atoms with Crippen molar-refractivity contribution in [3.63, 3.8) is 0 Å². The van der Waals surface area contributed by atoms with E-state index in [0.717, 1.165) is 11.8 Å². The molecule has 1 fully saturated rings. The van der Waals surface area contributed by atoms with E-state index in [9.17, 15) is 14.4 Å². The molecule has 1 unspecified atom stereocenters. The molecule has 0 bridgehead atoms. The van der Waals surface area contributed by atoms with Crippen molar-refractivity contribution in [3.05, 3.63) is 0 Å². The second kappa shape index (κ2) is 6.44. The fourth-order valence-corrected chi connectivity index (χ4v) is 3.70. The van der Waals surface area contributed by atoms with E-state index in [1.165, 1.54) is 11.8 Å². The molecule has 1 saturated heterocycles. The monoisotopic (exact) mass is 293 g/mol. The van der Waals surface area contributed by atoms with Crippen LogP contribution < -0.4 is 5.32 Å². The summed E-state index contributed by atoms with van der Waals surface area (Å²) in [6, 6.07) is -0.588. The molecule has 8 heteroatoms. The number of nitrogens with one attached hydrogen (secondary N) is 1. The Bertz CT molecular complexity index is 362. The molecule has 102 valence electrons. The summed E-state index contributed by atoms with van der Waals surface area (Å²) in [6.07, 6.45) is -0.163. The number of hydrogen-bond acceptors (Lipinski definition) is 6. The fourth-order valence-electron chi connectivity index (χ4n) is 1.43. The van der Waals surface area contributed by atoms with Gasteiger partial charge in [0.15, 0.2) is 5.12 Å². The highest BCUT2D eigenvalue weighted by Gasteiger charge is 2.38. The average molecular weight is 293 g/mol. The molecule has 0 aliphatic carbocycles. The number of carbonyl (C=O) groups is 3. The lowest BCUT2D eigenvalue weighted by atomic mass is 10.3. The highest BCUT2D eigenvalue weighted by Crippen LogP contribution is 2.33. The van der Waals surface area contributed by atoms with Crippen LogP contribution in [0.25, 0.3) is 0 Å². The zero-order valence-corrected chi connectivity index (χ0v) is 11.5. The van der Waals surface area contributed by atoms with Crippen LogP contribution in [-0.2, 0) is 14.4 Å². The maximum Gasteiger partial charge on any atom is 0.321 e. The van der Waals surface area contributed by atoms with Crippen molar-refractivity contribution in [3.8, 4) is 0 Å². The van der Waals surface area contributed by atoms with Crippen LogP contribution in [-0.4, -0.2) is 49.7 Å². The van der Waals surface area contributed by atoms with Gasteiger partial charge in [-0.1, -0.05) is 11.8 Å². The molecule has 0 saturated carbocycles. The zero-order chi connectivity index (χ0) is 13.8. The Kier molecular flexibility index (Phi) is 5.48. The molecule has 0 radical (unpaired) electrons. The number of carboxylic acids is 2. The van der Waals surface area contributed by atoms with Gasteiger partial charge in [0.25, 0.3) is 0 Å². The molecular formula is C10H15NO5S2. The van der Waals surface area contributed by atoms with Gasteiger partial charge in [0, 0.05) is 17.9 Å². The molecule has 1 rings (SSSR count). The minimum atomic E-state index is -0.991. The maximum atomic E-state index is 11.4. The van der Waals surface area contributed by atoms with Crippen molar-refractivity contribution in [2.75, 3.05) is 11.5 Å². The Balaban J connectivity index is 2.32. The van der Waals surface area contributed by atoms with E-state index in [4.69, 9.17) is 10.2 Å². The Morgan fingerprint density at radius 2 is 2.06 bits per heavy atom. The lowest BCUT2D eigenvalue weighted by molar-refractivity contribution is -0.139. The largest absolute Gasteiger partial charge is 0.481 e. The summed E-state index contributed by atoms with van der Waals surface area (Å²) in [5, 5.41) is 20.1. The normalized spacial score (nSPS) is 27.1. The lowest BCUT2D eigenvalue weighted by Crippen LogP contribution is -2.44. The van der Waals surface area contributed by atoms with Gasteiger partial charge in [0.1, 0.15) is 6.04 Å². The molecule has 18 heavy (non-hydrogen) atoms. The van der Waals surface area contributed by atoms with Gasteiger partial charge in [-0.2, -0.15) is 0 Å². The number of carbonyl (C=O) groups excluding carboxylic acids is 1. The van der Waals surface area contributed by atoms with E-state index in [1.54, 1.807) is 0 Å². The third-order valence-electron chi connectivity index (χ3n) is 2.40. The number of rotatable bonds is 6. The smallest absolute Gasteiger partial charge is 0.321 e. The summed E-state index contributed by atoms with van der Waals surface area (Å²) < 4.78 is 0. The van der Waals surface area contributed by atoms with Gasteiger partial charge in [-0.25, -0.2) is 0 Å². The number of hydrogen-bond donors (Lipinski definition) is 3. The fraction of sp³-hybridized carbons (Fsp3) is 0.700. The zero-order valence-electron chi connectivity index (χ0n) is 9.84. The van der Waals surface area contributed by atoms with Crippen LogP contribution >= 0.6 is 23.5 Å². The van der Waals surface area contributed by atoms with Gasteiger partial charge >= 0.3 is 11.9 Å². The van der Waals surface area contributed by atoms with Crippen molar-refractivity contribution < 1.29 is 24.6 Å². The van der Waals surface area contributed by atoms with Gasteiger partial charge in [0.2, 0.25) is 0 Å². The van der Waals surface area contributed by atoms with Crippen molar-refractivity contribution >= 4 is 40.6 Å². The van der Waals surface area contributed by atoms with E-state index < -0.39 is 22.9 Å². The standard InChI is InChI=1S/C10H15NO5S2/c1-10(11-6(4-18-10)9(15)16)5-17-8(14)3-2-7(12)13/h6,11H,2-5H2,1H3,(H,12,13)(H,15,16)/t6-,10?/m0/s1. The second-order valence-corrected chi connectivity index (χ2v) is 6.69. The van der Waals surface area contributed by atoms with Crippen molar-refractivity contribution in [2.24, 2.45) is 0 Å². The first-order valence-electron chi connectivity index (χ1n) is 5.34. The second-order valence-electron chi connectivity index (χ2n) is 4.13. The van der Waals surface area contributed by atoms with Crippen molar-refractivity contribution in [1.82, 2.24) is 5.32 Å². The topological polar surface area (TPSA) is 104 Å². The first-order valence-corrected chi connectivity index (χ1v) is 7.31. The predicted octanol–water partition coefficient (Wildman–Crippen LogP) is 0.617. The van der Waals surface area contributed by atoms with E-state index in [-0.39, 0.29) is 18.0 Å². The van der Waals surface area contributed by atoms with Crippen LogP contribution in [0.3, 0.4) is 0 Å². The third-order valence-corrected chi connectivity index (χ3v) is 5.23. The highest BCUT2D eigenvalue weighted by atomic mass is 32.2. The van der Waals surface area contributed by atoms with Gasteiger partial charge in [0.05, 0.1) is 11.3 Å². The first kappa shape index (κ1) is 15.3. The molecule has 0 aromatic heterocycles. The minimum Gasteiger partial charge on any atom is -0.481 e. The van der Waals surface area contributed by atoms with Crippen LogP contribution in [0.15, 0.2) is 0 Å². The predicted molar refractivity (Wildman–Crippen MR) is 69.8 cm³/mol. The maximum absolute atomic E-state index is 11.4. The molecule has 1 heterocycles. The summed E-state index contributed by atoms with van der Waals surface area (Å²) in [5.41, 5.74) is 0. The molecule has 2 atom stereocenters. The SMILES string of the molecule is CC1(CSC(=O)CCC(=O)O)N[C@H](C(=O)O)CS1. The number of carboxylic acid groups (broad SMARTS) is 2. The van der Waals surface area contributed by atoms with Crippen LogP contribution in [0.1, 0.15) is 19.8 Å². The lowest BCUT2D eigenvalue weighted by Gasteiger charge is -2.23. The molecule has 6 nitrogen and oxygen atoms in total. The molecule has 0 amide bonds. The summed E-state index contributed by atoms with van der Waals surface area (Å²) in [5.74, 6) is -0.988. The molecule has 1 aliphatic heterocycles. The Labute approximate surface area is 113 Å². The first-order chi connectivity index (χ1) is 8.32. The Hall–Kier alpha value is -0.730. The van der Waals surface area contributed by atoms with Gasteiger partial charge in [-0.05, 0) is 6.92 Å². The van der Waals surface area contributed by atoms with Crippen LogP contribution in [0.4, 0.5) is 0 Å². The van der Waals surface area contributed by atoms with Crippen molar-refractivity contribution in [2.45, 2.75) is 30.7 Å².